The average Bonchev–Trinajstić information content (AvgIpc) is 2.27. The van der Waals surface area contributed by atoms with Gasteiger partial charge in [0.25, 0.3) is 5.91 Å². The van der Waals surface area contributed by atoms with E-state index in [0.29, 0.717) is 23.6 Å². The summed E-state index contributed by atoms with van der Waals surface area (Å²) in [6.07, 6.45) is 0.636. The summed E-state index contributed by atoms with van der Waals surface area (Å²) in [4.78, 5) is 11.1. The number of ether oxygens (including phenoxy) is 1. The first kappa shape index (κ1) is 10.3. The van der Waals surface area contributed by atoms with Crippen LogP contribution in [0, 0.1) is 0 Å². The maximum atomic E-state index is 11.1. The topological polar surface area (TPSA) is 58.6 Å². The molecule has 1 amide bonds. The molecule has 0 aliphatic carbocycles. The SMILES string of the molecule is O=C(NO)C1CCc2cc(Cl)ccc2O1. The van der Waals surface area contributed by atoms with Crippen LogP contribution in [0.25, 0.3) is 0 Å². The zero-order valence-electron chi connectivity index (χ0n) is 7.87. The highest BCUT2D eigenvalue weighted by atomic mass is 35.5. The smallest absolute Gasteiger partial charge is 0.284 e. The molecule has 1 atom stereocenters. The van der Waals surface area contributed by atoms with Crippen LogP contribution in [0.1, 0.15) is 12.0 Å². The number of benzene rings is 1. The molecule has 0 fully saturated rings. The molecule has 1 heterocycles. The second-order valence-electron chi connectivity index (χ2n) is 3.37. The van der Waals surface area contributed by atoms with Crippen LogP contribution in [0.4, 0.5) is 0 Å². The third-order valence-corrected chi connectivity index (χ3v) is 2.61. The third kappa shape index (κ3) is 2.06. The molecular formula is C10H10ClNO3. The van der Waals surface area contributed by atoms with Gasteiger partial charge in [0.1, 0.15) is 5.75 Å². The van der Waals surface area contributed by atoms with Gasteiger partial charge in [-0.1, -0.05) is 11.6 Å². The largest absolute Gasteiger partial charge is 0.480 e. The molecule has 1 aromatic rings. The fourth-order valence-electron chi connectivity index (χ4n) is 1.61. The zero-order valence-corrected chi connectivity index (χ0v) is 8.62. The summed E-state index contributed by atoms with van der Waals surface area (Å²) in [5.74, 6) is 0.134. The van der Waals surface area contributed by atoms with Crippen molar-refractivity contribution in [2.24, 2.45) is 0 Å². The Morgan fingerprint density at radius 3 is 3.13 bits per heavy atom. The quantitative estimate of drug-likeness (QED) is 0.565. The van der Waals surface area contributed by atoms with Crippen LogP contribution in [0.3, 0.4) is 0 Å². The van der Waals surface area contributed by atoms with Crippen molar-refractivity contribution in [1.29, 1.82) is 0 Å². The van der Waals surface area contributed by atoms with Crippen LogP contribution in [-0.4, -0.2) is 17.2 Å². The van der Waals surface area contributed by atoms with E-state index in [-0.39, 0.29) is 0 Å². The Kier molecular flexibility index (Phi) is 2.79. The molecule has 15 heavy (non-hydrogen) atoms. The second-order valence-corrected chi connectivity index (χ2v) is 3.81. The van der Waals surface area contributed by atoms with Crippen LogP contribution in [0.5, 0.6) is 5.75 Å². The average molecular weight is 228 g/mol. The number of nitrogens with one attached hydrogen (secondary N) is 1. The Morgan fingerprint density at radius 2 is 2.40 bits per heavy atom. The van der Waals surface area contributed by atoms with Crippen molar-refractivity contribution in [1.82, 2.24) is 5.48 Å². The lowest BCUT2D eigenvalue weighted by Crippen LogP contribution is -2.38. The lowest BCUT2D eigenvalue weighted by molar-refractivity contribution is -0.137. The highest BCUT2D eigenvalue weighted by Gasteiger charge is 2.25. The number of carbonyl (C=O) groups excluding carboxylic acids is 1. The molecule has 2 rings (SSSR count). The van der Waals surface area contributed by atoms with Gasteiger partial charge in [-0.15, -0.1) is 0 Å². The Labute approximate surface area is 91.8 Å². The number of amides is 1. The van der Waals surface area contributed by atoms with Gasteiger partial charge in [-0.2, -0.15) is 0 Å². The van der Waals surface area contributed by atoms with Gasteiger partial charge in [-0.3, -0.25) is 10.0 Å². The minimum absolute atomic E-state index is 0.518. The van der Waals surface area contributed by atoms with Crippen LogP contribution < -0.4 is 10.2 Å². The van der Waals surface area contributed by atoms with E-state index in [2.05, 4.69) is 0 Å². The predicted molar refractivity (Wildman–Crippen MR) is 54.1 cm³/mol. The van der Waals surface area contributed by atoms with Crippen LogP contribution >= 0.6 is 11.6 Å². The molecule has 1 unspecified atom stereocenters. The first-order valence-electron chi connectivity index (χ1n) is 4.60. The Hall–Kier alpha value is -1.26. The molecule has 5 heteroatoms. The second kappa shape index (κ2) is 4.08. The first-order chi connectivity index (χ1) is 7.20. The highest BCUT2D eigenvalue weighted by Crippen LogP contribution is 2.29. The summed E-state index contributed by atoms with van der Waals surface area (Å²) >= 11 is 5.83. The maximum Gasteiger partial charge on any atom is 0.284 e. The van der Waals surface area contributed by atoms with E-state index in [9.17, 15) is 4.79 Å². The number of fused-ring (bicyclic) bond motifs is 1. The van der Waals surface area contributed by atoms with E-state index < -0.39 is 12.0 Å². The van der Waals surface area contributed by atoms with Gasteiger partial charge in [0.05, 0.1) is 0 Å². The minimum atomic E-state index is -0.622. The van der Waals surface area contributed by atoms with Gasteiger partial charge >= 0.3 is 0 Å². The molecule has 80 valence electrons. The van der Waals surface area contributed by atoms with Crippen molar-refractivity contribution in [3.8, 4) is 5.75 Å². The molecule has 0 radical (unpaired) electrons. The molecule has 1 aliphatic heterocycles. The maximum absolute atomic E-state index is 11.1. The van der Waals surface area contributed by atoms with E-state index in [0.717, 1.165) is 5.56 Å². The number of hydrogen-bond donors (Lipinski definition) is 2. The summed E-state index contributed by atoms with van der Waals surface area (Å²) in [5, 5.41) is 9.13. The van der Waals surface area contributed by atoms with Crippen molar-refractivity contribution < 1.29 is 14.7 Å². The number of hydroxylamine groups is 1. The summed E-state index contributed by atoms with van der Waals surface area (Å²) in [5.41, 5.74) is 2.58. The summed E-state index contributed by atoms with van der Waals surface area (Å²) in [6, 6.07) is 5.26. The molecule has 0 spiro atoms. The van der Waals surface area contributed by atoms with Gasteiger partial charge in [0.2, 0.25) is 0 Å². The number of hydrogen-bond acceptors (Lipinski definition) is 3. The van der Waals surface area contributed by atoms with Crippen LogP contribution in [0.2, 0.25) is 5.02 Å². The Bertz CT molecular complexity index is 394. The standard InChI is InChI=1S/C10H10ClNO3/c11-7-2-4-8-6(5-7)1-3-9(15-8)10(13)12-14/h2,4-5,9,14H,1,3H2,(H,12,13). The Morgan fingerprint density at radius 1 is 1.60 bits per heavy atom. The van der Waals surface area contributed by atoms with E-state index in [1.807, 2.05) is 6.07 Å². The van der Waals surface area contributed by atoms with Crippen LogP contribution in [0.15, 0.2) is 18.2 Å². The third-order valence-electron chi connectivity index (χ3n) is 2.37. The first-order valence-corrected chi connectivity index (χ1v) is 4.97. The molecule has 4 nitrogen and oxygen atoms in total. The van der Waals surface area contributed by atoms with Gasteiger partial charge in [0.15, 0.2) is 6.10 Å². The molecule has 1 aliphatic rings. The highest BCUT2D eigenvalue weighted by molar-refractivity contribution is 6.30. The number of rotatable bonds is 1. The lowest BCUT2D eigenvalue weighted by atomic mass is 10.0. The predicted octanol–water partition coefficient (Wildman–Crippen LogP) is 1.54. The van der Waals surface area contributed by atoms with Crippen molar-refractivity contribution in [2.45, 2.75) is 18.9 Å². The number of carbonyl (C=O) groups is 1. The van der Waals surface area contributed by atoms with Crippen molar-refractivity contribution in [3.63, 3.8) is 0 Å². The fraction of sp³-hybridized carbons (Fsp3) is 0.300. The summed E-state index contributed by atoms with van der Waals surface area (Å²) < 4.78 is 5.41. The van der Waals surface area contributed by atoms with E-state index >= 15 is 0 Å². The van der Waals surface area contributed by atoms with Gasteiger partial charge in [-0.05, 0) is 36.6 Å². The van der Waals surface area contributed by atoms with E-state index in [1.165, 1.54) is 0 Å². The molecule has 0 bridgehead atoms. The minimum Gasteiger partial charge on any atom is -0.480 e. The molecular weight excluding hydrogens is 218 g/mol. The van der Waals surface area contributed by atoms with Crippen molar-refractivity contribution >= 4 is 17.5 Å². The zero-order chi connectivity index (χ0) is 10.8. The van der Waals surface area contributed by atoms with Gasteiger partial charge in [-0.25, -0.2) is 5.48 Å². The van der Waals surface area contributed by atoms with Gasteiger partial charge < -0.3 is 4.74 Å². The van der Waals surface area contributed by atoms with E-state index in [4.69, 9.17) is 21.5 Å². The van der Waals surface area contributed by atoms with Crippen molar-refractivity contribution in [2.75, 3.05) is 0 Å². The molecule has 0 aromatic heterocycles. The summed E-state index contributed by atoms with van der Waals surface area (Å²) in [7, 11) is 0. The number of halogens is 1. The molecule has 1 aromatic carbocycles. The molecule has 0 saturated carbocycles. The molecule has 2 N–H and O–H groups in total. The van der Waals surface area contributed by atoms with E-state index in [1.54, 1.807) is 17.6 Å². The monoisotopic (exact) mass is 227 g/mol. The number of aryl methyl sites for hydroxylation is 1. The lowest BCUT2D eigenvalue weighted by Gasteiger charge is -2.24. The van der Waals surface area contributed by atoms with Crippen molar-refractivity contribution in [3.05, 3.63) is 28.8 Å². The summed E-state index contributed by atoms with van der Waals surface area (Å²) in [6.45, 7) is 0. The van der Waals surface area contributed by atoms with Crippen LogP contribution in [-0.2, 0) is 11.2 Å². The normalized spacial score (nSPS) is 18.9. The molecule has 0 saturated heterocycles. The van der Waals surface area contributed by atoms with Gasteiger partial charge in [0, 0.05) is 5.02 Å². The fourth-order valence-corrected chi connectivity index (χ4v) is 1.81. The Balaban J connectivity index is 2.20.